The summed E-state index contributed by atoms with van der Waals surface area (Å²) in [4.78, 5) is 13.9. The number of benzene rings is 2. The molecule has 3 fully saturated rings. The van der Waals surface area contributed by atoms with Crippen molar-refractivity contribution in [3.05, 3.63) is 83.2 Å². The van der Waals surface area contributed by atoms with Gasteiger partial charge in [-0.25, -0.2) is 9.97 Å². The smallest absolute Gasteiger partial charge is 0.225 e. The van der Waals surface area contributed by atoms with Gasteiger partial charge in [-0.15, -0.1) is 0 Å². The van der Waals surface area contributed by atoms with Gasteiger partial charge in [0.25, 0.3) is 0 Å². The first kappa shape index (κ1) is 20.7. The van der Waals surface area contributed by atoms with Crippen molar-refractivity contribution in [2.24, 2.45) is 5.41 Å². The first-order valence-electron chi connectivity index (χ1n) is 12.1. The van der Waals surface area contributed by atoms with Crippen molar-refractivity contribution >= 4 is 5.95 Å². The molecule has 2 aliphatic heterocycles. The van der Waals surface area contributed by atoms with Crippen LogP contribution in [0.5, 0.6) is 5.75 Å². The fraction of sp³-hybridized carbons (Fsp3) is 0.429. The van der Waals surface area contributed by atoms with Crippen LogP contribution >= 0.6 is 0 Å². The number of ether oxygens (including phenoxy) is 1. The second-order valence-corrected chi connectivity index (χ2v) is 10.5. The minimum Gasteiger partial charge on any atom is -0.487 e. The van der Waals surface area contributed by atoms with E-state index in [1.165, 1.54) is 49.0 Å². The fourth-order valence-corrected chi connectivity index (χ4v) is 6.00. The maximum atomic E-state index is 6.09. The van der Waals surface area contributed by atoms with E-state index in [0.29, 0.717) is 12.0 Å². The SMILES string of the molecule is Cc1ccc(C2(c3ccc(OCc4ccnc(N5CC6(CN(C)C6)C5)n4)cc3)CCC2)cc1. The van der Waals surface area contributed by atoms with Crippen LogP contribution < -0.4 is 9.64 Å². The Morgan fingerprint density at radius 1 is 0.879 bits per heavy atom. The maximum absolute atomic E-state index is 6.09. The number of likely N-dealkylation sites (tertiary alicyclic amines) is 1. The first-order valence-corrected chi connectivity index (χ1v) is 12.1. The molecule has 170 valence electrons. The molecular formula is C28H32N4O. The highest BCUT2D eigenvalue weighted by Crippen LogP contribution is 2.49. The molecule has 0 bridgehead atoms. The molecule has 5 nitrogen and oxygen atoms in total. The lowest BCUT2D eigenvalue weighted by Gasteiger charge is -2.59. The van der Waals surface area contributed by atoms with E-state index in [4.69, 9.17) is 9.72 Å². The van der Waals surface area contributed by atoms with Crippen molar-refractivity contribution in [1.29, 1.82) is 0 Å². The summed E-state index contributed by atoms with van der Waals surface area (Å²) >= 11 is 0. The fourth-order valence-electron chi connectivity index (χ4n) is 6.00. The first-order chi connectivity index (χ1) is 16.0. The van der Waals surface area contributed by atoms with E-state index in [0.717, 1.165) is 30.5 Å². The molecule has 1 saturated carbocycles. The molecule has 0 unspecified atom stereocenters. The highest BCUT2D eigenvalue weighted by molar-refractivity contribution is 5.44. The topological polar surface area (TPSA) is 41.5 Å². The summed E-state index contributed by atoms with van der Waals surface area (Å²) in [7, 11) is 2.18. The molecule has 6 rings (SSSR count). The largest absolute Gasteiger partial charge is 0.487 e. The van der Waals surface area contributed by atoms with E-state index in [9.17, 15) is 0 Å². The van der Waals surface area contributed by atoms with E-state index in [1.807, 2.05) is 12.3 Å². The second-order valence-electron chi connectivity index (χ2n) is 10.5. The Labute approximate surface area is 196 Å². The number of hydrogen-bond donors (Lipinski definition) is 0. The molecule has 5 heteroatoms. The molecule has 33 heavy (non-hydrogen) atoms. The van der Waals surface area contributed by atoms with Crippen LogP contribution in [0.25, 0.3) is 0 Å². The number of hydrogen-bond acceptors (Lipinski definition) is 5. The molecule has 2 aromatic carbocycles. The van der Waals surface area contributed by atoms with Crippen LogP contribution in [-0.2, 0) is 12.0 Å². The average molecular weight is 441 g/mol. The Morgan fingerprint density at radius 3 is 2.15 bits per heavy atom. The Morgan fingerprint density at radius 2 is 1.55 bits per heavy atom. The zero-order valence-electron chi connectivity index (χ0n) is 19.6. The summed E-state index contributed by atoms with van der Waals surface area (Å²) in [6.45, 7) is 7.11. The van der Waals surface area contributed by atoms with Gasteiger partial charge in [0, 0.05) is 43.2 Å². The normalized spacial score (nSPS) is 20.6. The van der Waals surface area contributed by atoms with E-state index in [2.05, 4.69) is 77.3 Å². The summed E-state index contributed by atoms with van der Waals surface area (Å²) in [6.07, 6.45) is 5.57. The number of rotatable bonds is 6. The standard InChI is InChI=1S/C28H32N4O/c1-21-4-6-22(7-5-21)28(13-3-14-28)23-8-10-25(11-9-23)33-16-24-12-15-29-26(30-24)32-19-27(20-32)17-31(2)18-27/h4-12,15H,3,13-14,16-20H2,1-2H3. The van der Waals surface area contributed by atoms with E-state index < -0.39 is 0 Å². The van der Waals surface area contributed by atoms with Crippen LogP contribution in [-0.4, -0.2) is 48.1 Å². The van der Waals surface area contributed by atoms with Gasteiger partial charge in [0.2, 0.25) is 5.95 Å². The molecule has 0 atom stereocenters. The van der Waals surface area contributed by atoms with Crippen LogP contribution in [0.1, 0.15) is 41.6 Å². The molecule has 1 aromatic heterocycles. The van der Waals surface area contributed by atoms with Crippen molar-refractivity contribution in [1.82, 2.24) is 14.9 Å². The highest BCUT2D eigenvalue weighted by Gasteiger charge is 2.51. The molecule has 2 saturated heterocycles. The summed E-state index contributed by atoms with van der Waals surface area (Å²) in [6, 6.07) is 19.7. The quantitative estimate of drug-likeness (QED) is 0.561. The maximum Gasteiger partial charge on any atom is 0.225 e. The van der Waals surface area contributed by atoms with Gasteiger partial charge in [-0.1, -0.05) is 48.4 Å². The minimum atomic E-state index is 0.164. The van der Waals surface area contributed by atoms with Crippen molar-refractivity contribution < 1.29 is 4.74 Å². The third-order valence-electron chi connectivity index (χ3n) is 7.85. The van der Waals surface area contributed by atoms with Crippen LogP contribution in [0.2, 0.25) is 0 Å². The van der Waals surface area contributed by atoms with E-state index >= 15 is 0 Å². The van der Waals surface area contributed by atoms with Gasteiger partial charge in [-0.05, 0) is 56.1 Å². The molecule has 3 heterocycles. The lowest BCUT2D eigenvalue weighted by Crippen LogP contribution is -2.71. The lowest BCUT2D eigenvalue weighted by atomic mass is 9.60. The number of nitrogens with zero attached hydrogens (tertiary/aromatic N) is 4. The van der Waals surface area contributed by atoms with Gasteiger partial charge in [-0.2, -0.15) is 0 Å². The van der Waals surface area contributed by atoms with Crippen molar-refractivity contribution in [3.8, 4) is 5.75 Å². The van der Waals surface area contributed by atoms with Gasteiger partial charge in [-0.3, -0.25) is 0 Å². The Bertz CT molecular complexity index is 1120. The molecule has 1 spiro atoms. The number of aryl methyl sites for hydroxylation is 1. The third-order valence-corrected chi connectivity index (χ3v) is 7.85. The minimum absolute atomic E-state index is 0.164. The van der Waals surface area contributed by atoms with Gasteiger partial charge in [0.1, 0.15) is 12.4 Å². The zero-order valence-corrected chi connectivity index (χ0v) is 19.6. The Kier molecular flexibility index (Phi) is 4.91. The summed E-state index contributed by atoms with van der Waals surface area (Å²) < 4.78 is 6.09. The molecule has 1 aliphatic carbocycles. The predicted molar refractivity (Wildman–Crippen MR) is 131 cm³/mol. The van der Waals surface area contributed by atoms with Crippen molar-refractivity contribution in [2.75, 3.05) is 38.1 Å². The van der Waals surface area contributed by atoms with Crippen LogP contribution in [0.3, 0.4) is 0 Å². The van der Waals surface area contributed by atoms with Crippen molar-refractivity contribution in [2.45, 2.75) is 38.2 Å². The van der Waals surface area contributed by atoms with Gasteiger partial charge < -0.3 is 14.5 Å². The molecule has 0 radical (unpaired) electrons. The van der Waals surface area contributed by atoms with Gasteiger partial charge in [0.05, 0.1) is 5.69 Å². The number of aromatic nitrogens is 2. The highest BCUT2D eigenvalue weighted by atomic mass is 16.5. The molecular weight excluding hydrogens is 408 g/mol. The van der Waals surface area contributed by atoms with Crippen molar-refractivity contribution in [3.63, 3.8) is 0 Å². The predicted octanol–water partition coefficient (Wildman–Crippen LogP) is 4.59. The second kappa shape index (κ2) is 7.84. The van der Waals surface area contributed by atoms with Crippen LogP contribution in [0.4, 0.5) is 5.95 Å². The zero-order chi connectivity index (χ0) is 22.5. The van der Waals surface area contributed by atoms with Gasteiger partial charge in [0.15, 0.2) is 0 Å². The van der Waals surface area contributed by atoms with E-state index in [-0.39, 0.29) is 5.41 Å². The summed E-state index contributed by atoms with van der Waals surface area (Å²) in [5, 5.41) is 0. The van der Waals surface area contributed by atoms with Crippen LogP contribution in [0, 0.1) is 12.3 Å². The molecule has 3 aliphatic rings. The van der Waals surface area contributed by atoms with Crippen LogP contribution in [0.15, 0.2) is 60.8 Å². The lowest BCUT2D eigenvalue weighted by molar-refractivity contribution is -0.00327. The average Bonchev–Trinajstić information content (AvgIpc) is 2.75. The molecule has 0 amide bonds. The molecule has 0 N–H and O–H groups in total. The van der Waals surface area contributed by atoms with Gasteiger partial charge >= 0.3 is 0 Å². The van der Waals surface area contributed by atoms with E-state index in [1.54, 1.807) is 0 Å². The summed E-state index contributed by atoms with van der Waals surface area (Å²) in [5.74, 6) is 1.72. The third kappa shape index (κ3) is 3.68. The Balaban J connectivity index is 1.10. The summed E-state index contributed by atoms with van der Waals surface area (Å²) in [5.41, 5.74) is 5.70. The molecule has 3 aromatic rings. The monoisotopic (exact) mass is 440 g/mol. The number of anilines is 1. The Hall–Kier alpha value is -2.92.